The minimum absolute atomic E-state index is 0.0852. The molecule has 0 bridgehead atoms. The second-order valence-electron chi connectivity index (χ2n) is 3.78. The van der Waals surface area contributed by atoms with Gasteiger partial charge in [-0.3, -0.25) is 9.59 Å². The Labute approximate surface area is 111 Å². The van der Waals surface area contributed by atoms with Crippen LogP contribution in [-0.4, -0.2) is 30.9 Å². The summed E-state index contributed by atoms with van der Waals surface area (Å²) in [5, 5.41) is 1.76. The maximum atomic E-state index is 11.5. The van der Waals surface area contributed by atoms with Crippen LogP contribution in [-0.2, 0) is 20.7 Å². The van der Waals surface area contributed by atoms with Gasteiger partial charge in [0.2, 0.25) is 5.91 Å². The largest absolute Gasteiger partial charge is 0.468 e. The fourth-order valence-corrected chi connectivity index (χ4v) is 1.57. The Morgan fingerprint density at radius 1 is 1.33 bits per heavy atom. The number of halogens is 1. The van der Waals surface area contributed by atoms with E-state index >= 15 is 0 Å². The monoisotopic (exact) mass is 269 g/mol. The van der Waals surface area contributed by atoms with E-state index in [0.717, 1.165) is 5.56 Å². The molecule has 0 aliphatic rings. The number of rotatable bonds is 6. The Bertz CT molecular complexity index is 394. The number of benzene rings is 1. The van der Waals surface area contributed by atoms with Crippen LogP contribution in [0, 0.1) is 0 Å². The van der Waals surface area contributed by atoms with E-state index in [4.69, 9.17) is 11.6 Å². The summed E-state index contributed by atoms with van der Waals surface area (Å²) < 4.78 is 4.45. The molecule has 0 aliphatic heterocycles. The number of alkyl halides is 1. The van der Waals surface area contributed by atoms with Gasteiger partial charge in [0.25, 0.3) is 0 Å². The molecule has 0 saturated heterocycles. The number of amides is 1. The molecule has 1 atom stereocenters. The highest BCUT2D eigenvalue weighted by Crippen LogP contribution is 2.02. The molecule has 1 rings (SSSR count). The van der Waals surface area contributed by atoms with Crippen LogP contribution in [0.5, 0.6) is 0 Å². The van der Waals surface area contributed by atoms with Crippen molar-refractivity contribution in [2.75, 3.05) is 13.7 Å². The van der Waals surface area contributed by atoms with Crippen LogP contribution in [0.2, 0.25) is 0 Å². The molecule has 98 valence electrons. The number of esters is 1. The molecule has 0 saturated carbocycles. The molecule has 1 unspecified atom stereocenters. The summed E-state index contributed by atoms with van der Waals surface area (Å²) in [4.78, 5) is 22.5. The summed E-state index contributed by atoms with van der Waals surface area (Å²) in [5.41, 5.74) is 1.10. The van der Waals surface area contributed by atoms with Crippen molar-refractivity contribution >= 4 is 23.5 Å². The molecule has 0 heterocycles. The Kier molecular flexibility index (Phi) is 6.22. The molecule has 0 aromatic heterocycles. The van der Waals surface area contributed by atoms with E-state index in [2.05, 4.69) is 10.1 Å². The first-order chi connectivity index (χ1) is 8.63. The van der Waals surface area contributed by atoms with E-state index in [9.17, 15) is 9.59 Å². The van der Waals surface area contributed by atoms with Crippen LogP contribution >= 0.6 is 11.6 Å². The normalized spacial score (nSPS) is 11.7. The smallest absolute Gasteiger partial charge is 0.325 e. The fourth-order valence-electron chi connectivity index (χ4n) is 1.41. The third-order valence-corrected chi connectivity index (χ3v) is 2.75. The highest BCUT2D eigenvalue weighted by molar-refractivity contribution is 6.30. The third-order valence-electron chi connectivity index (χ3n) is 2.42. The number of ether oxygens (including phenoxy) is 1. The number of carbonyl (C=O) groups is 2. The van der Waals surface area contributed by atoms with Crippen LogP contribution < -0.4 is 5.32 Å². The topological polar surface area (TPSA) is 55.4 Å². The molecule has 1 amide bonds. The molecule has 4 nitrogen and oxygen atoms in total. The molecular weight excluding hydrogens is 254 g/mol. The van der Waals surface area contributed by atoms with Crippen molar-refractivity contribution < 1.29 is 14.3 Å². The molecule has 1 N–H and O–H groups in total. The van der Waals surface area contributed by atoms with Gasteiger partial charge in [-0.05, 0) is 12.0 Å². The Morgan fingerprint density at radius 3 is 2.61 bits per heavy atom. The minimum Gasteiger partial charge on any atom is -0.468 e. The Hall–Kier alpha value is -1.55. The van der Waals surface area contributed by atoms with Crippen molar-refractivity contribution in [2.24, 2.45) is 0 Å². The molecule has 0 radical (unpaired) electrons. The van der Waals surface area contributed by atoms with E-state index in [0.29, 0.717) is 12.8 Å². The Balaban J connectivity index is 2.24. The quantitative estimate of drug-likeness (QED) is 0.629. The van der Waals surface area contributed by atoms with E-state index < -0.39 is 11.3 Å². The van der Waals surface area contributed by atoms with Gasteiger partial charge < -0.3 is 10.1 Å². The lowest BCUT2D eigenvalue weighted by Gasteiger charge is -2.08. The maximum Gasteiger partial charge on any atom is 0.325 e. The number of hydrogen-bond donors (Lipinski definition) is 1. The van der Waals surface area contributed by atoms with Crippen molar-refractivity contribution in [3.05, 3.63) is 35.9 Å². The minimum atomic E-state index is -0.837. The van der Waals surface area contributed by atoms with Gasteiger partial charge in [0, 0.05) is 13.0 Å². The second kappa shape index (κ2) is 7.71. The van der Waals surface area contributed by atoms with Crippen molar-refractivity contribution in [1.29, 1.82) is 0 Å². The number of methoxy groups -OCH3 is 1. The number of aryl methyl sites for hydroxylation is 1. The van der Waals surface area contributed by atoms with Crippen LogP contribution in [0.25, 0.3) is 0 Å². The first-order valence-electron chi connectivity index (χ1n) is 5.66. The van der Waals surface area contributed by atoms with Gasteiger partial charge in [-0.15, -0.1) is 11.6 Å². The first kappa shape index (κ1) is 14.5. The van der Waals surface area contributed by atoms with E-state index in [1.807, 2.05) is 30.3 Å². The van der Waals surface area contributed by atoms with Crippen LogP contribution in [0.1, 0.15) is 12.0 Å². The van der Waals surface area contributed by atoms with Gasteiger partial charge in [0.1, 0.15) is 5.38 Å². The number of hydrogen-bond acceptors (Lipinski definition) is 3. The van der Waals surface area contributed by atoms with Gasteiger partial charge in [-0.2, -0.15) is 0 Å². The molecule has 0 spiro atoms. The van der Waals surface area contributed by atoms with Gasteiger partial charge in [0.05, 0.1) is 7.11 Å². The van der Waals surface area contributed by atoms with Gasteiger partial charge >= 0.3 is 5.97 Å². The SMILES string of the molecule is COC(=O)C(Cl)CNC(=O)CCc1ccccc1. The number of nitrogens with one attached hydrogen (secondary N) is 1. The zero-order valence-corrected chi connectivity index (χ0v) is 10.9. The average Bonchev–Trinajstić information content (AvgIpc) is 2.42. The zero-order valence-electron chi connectivity index (χ0n) is 10.2. The lowest BCUT2D eigenvalue weighted by Crippen LogP contribution is -2.34. The molecular formula is C13H16ClNO3. The van der Waals surface area contributed by atoms with E-state index in [-0.39, 0.29) is 12.5 Å². The lowest BCUT2D eigenvalue weighted by molar-refractivity contribution is -0.140. The summed E-state index contributed by atoms with van der Waals surface area (Å²) in [6.45, 7) is 0.0852. The highest BCUT2D eigenvalue weighted by atomic mass is 35.5. The van der Waals surface area contributed by atoms with E-state index in [1.165, 1.54) is 7.11 Å². The molecule has 1 aromatic carbocycles. The molecule has 0 aliphatic carbocycles. The van der Waals surface area contributed by atoms with Crippen molar-refractivity contribution in [3.8, 4) is 0 Å². The average molecular weight is 270 g/mol. The summed E-state index contributed by atoms with van der Waals surface area (Å²) in [6.07, 6.45) is 1.03. The zero-order chi connectivity index (χ0) is 13.4. The number of carbonyl (C=O) groups excluding carboxylic acids is 2. The van der Waals surface area contributed by atoms with E-state index in [1.54, 1.807) is 0 Å². The van der Waals surface area contributed by atoms with Crippen LogP contribution in [0.3, 0.4) is 0 Å². The van der Waals surface area contributed by atoms with Crippen molar-refractivity contribution in [3.63, 3.8) is 0 Å². The molecule has 0 fully saturated rings. The Morgan fingerprint density at radius 2 is 2.00 bits per heavy atom. The second-order valence-corrected chi connectivity index (χ2v) is 4.31. The molecule has 5 heteroatoms. The van der Waals surface area contributed by atoms with Crippen molar-refractivity contribution in [2.45, 2.75) is 18.2 Å². The summed E-state index contributed by atoms with van der Waals surface area (Å²) >= 11 is 5.70. The predicted octanol–water partition coefficient (Wildman–Crippen LogP) is 1.52. The fraction of sp³-hybridized carbons (Fsp3) is 0.385. The van der Waals surface area contributed by atoms with Gasteiger partial charge in [-0.25, -0.2) is 0 Å². The van der Waals surface area contributed by atoms with Crippen LogP contribution in [0.15, 0.2) is 30.3 Å². The predicted molar refractivity (Wildman–Crippen MR) is 69.4 cm³/mol. The third kappa shape index (κ3) is 5.19. The molecule has 1 aromatic rings. The highest BCUT2D eigenvalue weighted by Gasteiger charge is 2.16. The maximum absolute atomic E-state index is 11.5. The standard InChI is InChI=1S/C13H16ClNO3/c1-18-13(17)11(14)9-15-12(16)8-7-10-5-3-2-4-6-10/h2-6,11H,7-9H2,1H3,(H,15,16). The first-order valence-corrected chi connectivity index (χ1v) is 6.09. The summed E-state index contributed by atoms with van der Waals surface area (Å²) in [5.74, 6) is -0.673. The lowest BCUT2D eigenvalue weighted by atomic mass is 10.1. The van der Waals surface area contributed by atoms with Crippen LogP contribution in [0.4, 0.5) is 0 Å². The summed E-state index contributed by atoms with van der Waals surface area (Å²) in [6, 6.07) is 9.72. The van der Waals surface area contributed by atoms with Gasteiger partial charge in [0.15, 0.2) is 0 Å². The van der Waals surface area contributed by atoms with Crippen molar-refractivity contribution in [1.82, 2.24) is 5.32 Å². The van der Waals surface area contributed by atoms with Gasteiger partial charge in [-0.1, -0.05) is 30.3 Å². The summed E-state index contributed by atoms with van der Waals surface area (Å²) in [7, 11) is 1.26. The molecule has 18 heavy (non-hydrogen) atoms.